The van der Waals surface area contributed by atoms with Gasteiger partial charge in [0.25, 0.3) is 0 Å². The van der Waals surface area contributed by atoms with Gasteiger partial charge >= 0.3 is 0 Å². The summed E-state index contributed by atoms with van der Waals surface area (Å²) in [4.78, 5) is 0. The fourth-order valence-corrected chi connectivity index (χ4v) is 2.82. The first kappa shape index (κ1) is 9.44. The second kappa shape index (κ2) is 3.95. The normalized spacial score (nSPS) is 36.7. The van der Waals surface area contributed by atoms with Gasteiger partial charge in [0.2, 0.25) is 0 Å². The molecule has 0 bridgehead atoms. The monoisotopic (exact) mass is 184 g/mol. The lowest BCUT2D eigenvalue weighted by molar-refractivity contribution is 0.101. The van der Waals surface area contributed by atoms with E-state index in [-0.39, 0.29) is 5.54 Å². The minimum atomic E-state index is 0.0715. The van der Waals surface area contributed by atoms with Crippen LogP contribution >= 0.6 is 0 Å². The van der Waals surface area contributed by atoms with E-state index in [4.69, 9.17) is 0 Å². The van der Waals surface area contributed by atoms with E-state index in [9.17, 15) is 5.11 Å². The highest BCUT2D eigenvalue weighted by molar-refractivity contribution is 4.99. The van der Waals surface area contributed by atoms with E-state index >= 15 is 0 Å². The van der Waals surface area contributed by atoms with Gasteiger partial charge in [0.15, 0.2) is 0 Å². The fourth-order valence-electron chi connectivity index (χ4n) is 2.82. The summed E-state index contributed by atoms with van der Waals surface area (Å²) in [6.45, 7) is 3.64. The second-order valence-corrected chi connectivity index (χ2v) is 4.37. The van der Waals surface area contributed by atoms with E-state index in [1.54, 1.807) is 0 Å². The highest BCUT2D eigenvalue weighted by Gasteiger charge is 2.40. The maximum atomic E-state index is 9.49. The lowest BCUT2D eigenvalue weighted by Gasteiger charge is -2.39. The quantitative estimate of drug-likeness (QED) is 0.570. The molecule has 3 heteroatoms. The van der Waals surface area contributed by atoms with Crippen molar-refractivity contribution >= 4 is 0 Å². The van der Waals surface area contributed by atoms with E-state index in [0.717, 1.165) is 26.1 Å². The van der Waals surface area contributed by atoms with Crippen LogP contribution in [0.2, 0.25) is 0 Å². The van der Waals surface area contributed by atoms with Gasteiger partial charge in [-0.05, 0) is 51.2 Å². The minimum absolute atomic E-state index is 0.0715. The molecule has 0 aromatic carbocycles. The maximum absolute atomic E-state index is 9.49. The topological polar surface area (TPSA) is 44.3 Å². The molecule has 0 aromatic rings. The largest absolute Gasteiger partial charge is 0.394 e. The number of aliphatic hydroxyl groups excluding tert-OH is 1. The molecule has 2 fully saturated rings. The van der Waals surface area contributed by atoms with Gasteiger partial charge in [0.1, 0.15) is 0 Å². The smallest absolute Gasteiger partial charge is 0.0616 e. The Morgan fingerprint density at radius 1 is 1.23 bits per heavy atom. The molecular weight excluding hydrogens is 164 g/mol. The molecular formula is C10H20N2O. The van der Waals surface area contributed by atoms with Gasteiger partial charge in [-0.3, -0.25) is 0 Å². The van der Waals surface area contributed by atoms with Crippen LogP contribution in [0.15, 0.2) is 0 Å². The van der Waals surface area contributed by atoms with Crippen molar-refractivity contribution in [3.63, 3.8) is 0 Å². The van der Waals surface area contributed by atoms with Gasteiger partial charge in [0.05, 0.1) is 6.61 Å². The minimum Gasteiger partial charge on any atom is -0.394 e. The Labute approximate surface area is 79.9 Å². The van der Waals surface area contributed by atoms with Gasteiger partial charge in [-0.15, -0.1) is 0 Å². The third kappa shape index (κ3) is 1.73. The van der Waals surface area contributed by atoms with Crippen molar-refractivity contribution < 1.29 is 5.11 Å². The van der Waals surface area contributed by atoms with Crippen molar-refractivity contribution in [2.45, 2.75) is 31.2 Å². The molecule has 0 spiro atoms. The molecule has 0 aromatic heterocycles. The van der Waals surface area contributed by atoms with Gasteiger partial charge < -0.3 is 15.7 Å². The molecule has 1 unspecified atom stereocenters. The number of aliphatic hydroxyl groups is 1. The van der Waals surface area contributed by atoms with Crippen molar-refractivity contribution in [3.8, 4) is 0 Å². The SMILES string of the molecule is OCC1(C2CCNCC2)CCCN1. The van der Waals surface area contributed by atoms with Crippen LogP contribution in [-0.2, 0) is 0 Å². The van der Waals surface area contributed by atoms with Crippen LogP contribution in [0, 0.1) is 5.92 Å². The Morgan fingerprint density at radius 2 is 2.00 bits per heavy atom. The summed E-state index contributed by atoms with van der Waals surface area (Å²) in [6.07, 6.45) is 4.82. The highest BCUT2D eigenvalue weighted by atomic mass is 16.3. The molecule has 2 saturated heterocycles. The first-order chi connectivity index (χ1) is 6.37. The first-order valence-corrected chi connectivity index (χ1v) is 5.44. The lowest BCUT2D eigenvalue weighted by atomic mass is 9.77. The molecule has 13 heavy (non-hydrogen) atoms. The first-order valence-electron chi connectivity index (χ1n) is 5.44. The Kier molecular flexibility index (Phi) is 2.86. The summed E-state index contributed by atoms with van der Waals surface area (Å²) in [7, 11) is 0. The number of rotatable bonds is 2. The molecule has 0 aliphatic carbocycles. The van der Waals surface area contributed by atoms with Crippen LogP contribution in [-0.4, -0.2) is 36.9 Å². The molecule has 1 atom stereocenters. The molecule has 2 aliphatic heterocycles. The van der Waals surface area contributed by atoms with Crippen molar-refractivity contribution in [2.24, 2.45) is 5.92 Å². The van der Waals surface area contributed by atoms with Crippen LogP contribution < -0.4 is 10.6 Å². The molecule has 0 amide bonds. The van der Waals surface area contributed by atoms with E-state index in [1.165, 1.54) is 19.3 Å². The number of nitrogens with one attached hydrogen (secondary N) is 2. The second-order valence-electron chi connectivity index (χ2n) is 4.37. The number of hydrogen-bond donors (Lipinski definition) is 3. The average Bonchev–Trinajstić information content (AvgIpc) is 2.69. The summed E-state index contributed by atoms with van der Waals surface area (Å²) in [5, 5.41) is 16.4. The highest BCUT2D eigenvalue weighted by Crippen LogP contribution is 2.32. The third-order valence-corrected chi connectivity index (χ3v) is 3.68. The van der Waals surface area contributed by atoms with Gasteiger partial charge in [-0.2, -0.15) is 0 Å². The summed E-state index contributed by atoms with van der Waals surface area (Å²) in [5.41, 5.74) is 0.0715. The Bertz CT molecular complexity index is 160. The Hall–Kier alpha value is -0.120. The standard InChI is InChI=1S/C10H20N2O/c13-8-10(4-1-5-12-10)9-2-6-11-7-3-9/h9,11-13H,1-8H2. The zero-order valence-corrected chi connectivity index (χ0v) is 8.18. The number of piperidine rings is 1. The third-order valence-electron chi connectivity index (χ3n) is 3.68. The lowest BCUT2D eigenvalue weighted by Crippen LogP contribution is -2.53. The van der Waals surface area contributed by atoms with Crippen molar-refractivity contribution in [1.82, 2.24) is 10.6 Å². The molecule has 3 N–H and O–H groups in total. The molecule has 2 rings (SSSR count). The van der Waals surface area contributed by atoms with Crippen LogP contribution in [0.3, 0.4) is 0 Å². The van der Waals surface area contributed by atoms with Gasteiger partial charge in [0, 0.05) is 5.54 Å². The summed E-state index contributed by atoms with van der Waals surface area (Å²) < 4.78 is 0. The van der Waals surface area contributed by atoms with E-state index in [2.05, 4.69) is 10.6 Å². The van der Waals surface area contributed by atoms with Crippen molar-refractivity contribution in [1.29, 1.82) is 0 Å². The van der Waals surface area contributed by atoms with Crippen LogP contribution in [0.5, 0.6) is 0 Å². The van der Waals surface area contributed by atoms with E-state index in [0.29, 0.717) is 12.5 Å². The molecule has 2 heterocycles. The summed E-state index contributed by atoms with van der Waals surface area (Å²) in [5.74, 6) is 0.682. The van der Waals surface area contributed by atoms with Gasteiger partial charge in [-0.1, -0.05) is 0 Å². The Balaban J connectivity index is 2.01. The molecule has 2 aliphatic rings. The molecule has 0 saturated carbocycles. The zero-order chi connectivity index (χ0) is 9.15. The predicted molar refractivity (Wildman–Crippen MR) is 52.6 cm³/mol. The van der Waals surface area contributed by atoms with Crippen LogP contribution in [0.1, 0.15) is 25.7 Å². The molecule has 3 nitrogen and oxygen atoms in total. The van der Waals surface area contributed by atoms with Crippen molar-refractivity contribution in [2.75, 3.05) is 26.2 Å². The summed E-state index contributed by atoms with van der Waals surface area (Å²) in [6, 6.07) is 0. The molecule has 0 radical (unpaired) electrons. The average molecular weight is 184 g/mol. The van der Waals surface area contributed by atoms with Crippen LogP contribution in [0.4, 0.5) is 0 Å². The van der Waals surface area contributed by atoms with Gasteiger partial charge in [-0.25, -0.2) is 0 Å². The van der Waals surface area contributed by atoms with E-state index in [1.807, 2.05) is 0 Å². The Morgan fingerprint density at radius 3 is 2.54 bits per heavy atom. The predicted octanol–water partition coefficient (Wildman–Crippen LogP) is 0.100. The summed E-state index contributed by atoms with van der Waals surface area (Å²) >= 11 is 0. The van der Waals surface area contributed by atoms with Crippen LogP contribution in [0.25, 0.3) is 0 Å². The van der Waals surface area contributed by atoms with Crippen molar-refractivity contribution in [3.05, 3.63) is 0 Å². The van der Waals surface area contributed by atoms with E-state index < -0.39 is 0 Å². The maximum Gasteiger partial charge on any atom is 0.0616 e. The molecule has 76 valence electrons. The number of hydrogen-bond acceptors (Lipinski definition) is 3. The fraction of sp³-hybridized carbons (Fsp3) is 1.00. The zero-order valence-electron chi connectivity index (χ0n) is 8.18.